The zero-order valence-corrected chi connectivity index (χ0v) is 19.8. The molecule has 2 rings (SSSR count). The lowest BCUT2D eigenvalue weighted by molar-refractivity contribution is -0.131. The molecule has 0 aliphatic rings. The lowest BCUT2D eigenvalue weighted by atomic mass is 10.1. The summed E-state index contributed by atoms with van der Waals surface area (Å²) in [6.07, 6.45) is 1.67. The minimum absolute atomic E-state index is 0.140. The molecule has 0 aliphatic carbocycles. The Bertz CT molecular complexity index is 874. The van der Waals surface area contributed by atoms with Crippen molar-refractivity contribution in [2.24, 2.45) is 5.92 Å². The Hall–Kier alpha value is -2.14. The van der Waals surface area contributed by atoms with E-state index in [4.69, 9.17) is 30.5 Å². The molecular formula is C24H33ClO5. The number of benzene rings is 2. The van der Waals surface area contributed by atoms with Crippen molar-refractivity contribution in [3.8, 4) is 23.0 Å². The second-order valence-electron chi connectivity index (χ2n) is 8.32. The van der Waals surface area contributed by atoms with Gasteiger partial charge in [-0.2, -0.15) is 0 Å². The summed E-state index contributed by atoms with van der Waals surface area (Å²) < 4.78 is 24.1. The van der Waals surface area contributed by atoms with Gasteiger partial charge >= 0.3 is 5.97 Å². The highest BCUT2D eigenvalue weighted by atomic mass is 35.5. The van der Waals surface area contributed by atoms with E-state index >= 15 is 0 Å². The maximum Gasteiger partial charge on any atom is 0.308 e. The summed E-state index contributed by atoms with van der Waals surface area (Å²) in [5.74, 6) is 1.81. The molecule has 0 saturated carbocycles. The first-order valence-corrected chi connectivity index (χ1v) is 10.9. The monoisotopic (exact) mass is 436 g/mol. The standard InChI is InChI=1S/C24H33ClO5/c1-14(2)9-8-12-27-21-20-13-18(25)10-11-19(20)22(30-17(7)26)24(29-16(5)6)23(21)28-15(3)4/h10-11,13-16H,8-9,12H2,1-7H3. The molecule has 0 aliphatic heterocycles. The average Bonchev–Trinajstić information content (AvgIpc) is 2.62. The predicted octanol–water partition coefficient (Wildman–Crippen LogP) is 6.81. The number of esters is 1. The van der Waals surface area contributed by atoms with Crippen LogP contribution in [0, 0.1) is 5.92 Å². The van der Waals surface area contributed by atoms with Crippen LogP contribution in [0.2, 0.25) is 5.02 Å². The normalized spacial score (nSPS) is 11.4. The number of fused-ring (bicyclic) bond motifs is 1. The summed E-state index contributed by atoms with van der Waals surface area (Å²) in [6.45, 7) is 13.9. The van der Waals surface area contributed by atoms with Crippen molar-refractivity contribution in [1.29, 1.82) is 0 Å². The van der Waals surface area contributed by atoms with Crippen LogP contribution in [0.5, 0.6) is 23.0 Å². The zero-order valence-electron chi connectivity index (χ0n) is 19.0. The van der Waals surface area contributed by atoms with Crippen molar-refractivity contribution >= 4 is 28.3 Å². The SMILES string of the molecule is CC(=O)Oc1c(OC(C)C)c(OC(C)C)c(OCCCC(C)C)c2cc(Cl)ccc12. The number of carbonyl (C=O) groups excluding carboxylic acids is 1. The molecule has 0 amide bonds. The number of rotatable bonds is 10. The van der Waals surface area contributed by atoms with E-state index in [-0.39, 0.29) is 12.2 Å². The second-order valence-corrected chi connectivity index (χ2v) is 8.75. The molecule has 0 spiro atoms. The number of halogens is 1. The molecule has 0 N–H and O–H groups in total. The van der Waals surface area contributed by atoms with Gasteiger partial charge in [0.1, 0.15) is 0 Å². The van der Waals surface area contributed by atoms with Crippen molar-refractivity contribution in [3.05, 3.63) is 23.2 Å². The Morgan fingerprint density at radius 1 is 0.900 bits per heavy atom. The van der Waals surface area contributed by atoms with Crippen LogP contribution in [0.25, 0.3) is 10.8 Å². The van der Waals surface area contributed by atoms with Gasteiger partial charge in [-0.05, 0) is 64.7 Å². The first-order chi connectivity index (χ1) is 14.1. The van der Waals surface area contributed by atoms with Gasteiger partial charge < -0.3 is 18.9 Å². The molecule has 2 aromatic carbocycles. The molecular weight excluding hydrogens is 404 g/mol. The third-order valence-corrected chi connectivity index (χ3v) is 4.45. The summed E-state index contributed by atoms with van der Waals surface area (Å²) in [7, 11) is 0. The Morgan fingerprint density at radius 2 is 1.50 bits per heavy atom. The van der Waals surface area contributed by atoms with E-state index in [0.29, 0.717) is 45.9 Å². The molecule has 6 heteroatoms. The van der Waals surface area contributed by atoms with E-state index in [1.165, 1.54) is 6.92 Å². The van der Waals surface area contributed by atoms with Gasteiger partial charge in [-0.3, -0.25) is 4.79 Å². The summed E-state index contributed by atoms with van der Waals surface area (Å²) >= 11 is 6.30. The van der Waals surface area contributed by atoms with Gasteiger partial charge in [0.2, 0.25) is 11.5 Å². The zero-order chi connectivity index (χ0) is 22.4. The van der Waals surface area contributed by atoms with E-state index in [1.807, 2.05) is 33.8 Å². The largest absolute Gasteiger partial charge is 0.489 e. The third-order valence-electron chi connectivity index (χ3n) is 4.21. The molecule has 0 radical (unpaired) electrons. The smallest absolute Gasteiger partial charge is 0.308 e. The highest BCUT2D eigenvalue weighted by Crippen LogP contribution is 2.52. The molecule has 0 aromatic heterocycles. The highest BCUT2D eigenvalue weighted by molar-refractivity contribution is 6.31. The lowest BCUT2D eigenvalue weighted by Crippen LogP contribution is -2.15. The van der Waals surface area contributed by atoms with Crippen LogP contribution in [0.3, 0.4) is 0 Å². The number of carbonyl (C=O) groups is 1. The first-order valence-electron chi connectivity index (χ1n) is 10.5. The first kappa shape index (κ1) is 24.1. The number of hydrogen-bond acceptors (Lipinski definition) is 5. The molecule has 0 heterocycles. The molecule has 2 aromatic rings. The van der Waals surface area contributed by atoms with Crippen LogP contribution in [-0.4, -0.2) is 24.8 Å². The van der Waals surface area contributed by atoms with Gasteiger partial charge in [-0.15, -0.1) is 0 Å². The molecule has 0 saturated heterocycles. The number of ether oxygens (including phenoxy) is 4. The average molecular weight is 437 g/mol. The fourth-order valence-electron chi connectivity index (χ4n) is 3.09. The van der Waals surface area contributed by atoms with Gasteiger partial charge in [0, 0.05) is 22.7 Å². The predicted molar refractivity (Wildman–Crippen MR) is 121 cm³/mol. The Kier molecular flexibility index (Phi) is 8.65. The van der Waals surface area contributed by atoms with Crippen molar-refractivity contribution in [3.63, 3.8) is 0 Å². The quantitative estimate of drug-likeness (QED) is 0.232. The van der Waals surface area contributed by atoms with E-state index in [2.05, 4.69) is 13.8 Å². The second kappa shape index (κ2) is 10.8. The maximum absolute atomic E-state index is 11.9. The van der Waals surface area contributed by atoms with Crippen LogP contribution in [0.4, 0.5) is 0 Å². The molecule has 5 nitrogen and oxygen atoms in total. The fourth-order valence-corrected chi connectivity index (χ4v) is 3.26. The van der Waals surface area contributed by atoms with Crippen molar-refractivity contribution in [1.82, 2.24) is 0 Å². The summed E-state index contributed by atoms with van der Waals surface area (Å²) in [5.41, 5.74) is 0. The minimum Gasteiger partial charge on any atom is -0.489 e. The van der Waals surface area contributed by atoms with E-state index < -0.39 is 5.97 Å². The van der Waals surface area contributed by atoms with Crippen molar-refractivity contribution < 1.29 is 23.7 Å². The maximum atomic E-state index is 11.9. The van der Waals surface area contributed by atoms with Crippen molar-refractivity contribution in [2.75, 3.05) is 6.61 Å². The van der Waals surface area contributed by atoms with Crippen LogP contribution in [-0.2, 0) is 4.79 Å². The van der Waals surface area contributed by atoms with Crippen LogP contribution in [0.1, 0.15) is 61.3 Å². The van der Waals surface area contributed by atoms with Crippen LogP contribution >= 0.6 is 11.6 Å². The molecule has 0 bridgehead atoms. The highest BCUT2D eigenvalue weighted by Gasteiger charge is 2.27. The number of hydrogen-bond donors (Lipinski definition) is 0. The molecule has 166 valence electrons. The van der Waals surface area contributed by atoms with E-state index in [9.17, 15) is 4.79 Å². The fraction of sp³-hybridized carbons (Fsp3) is 0.542. The topological polar surface area (TPSA) is 54.0 Å². The third kappa shape index (κ3) is 6.43. The summed E-state index contributed by atoms with van der Waals surface area (Å²) in [5, 5.41) is 1.95. The van der Waals surface area contributed by atoms with E-state index in [0.717, 1.165) is 18.2 Å². The van der Waals surface area contributed by atoms with Gasteiger partial charge in [0.05, 0.1) is 18.8 Å². The molecule has 0 atom stereocenters. The van der Waals surface area contributed by atoms with Crippen LogP contribution in [0.15, 0.2) is 18.2 Å². The lowest BCUT2D eigenvalue weighted by Gasteiger charge is -2.24. The summed E-state index contributed by atoms with van der Waals surface area (Å²) in [4.78, 5) is 11.9. The van der Waals surface area contributed by atoms with Gasteiger partial charge in [-0.1, -0.05) is 25.4 Å². The summed E-state index contributed by atoms with van der Waals surface area (Å²) in [6, 6.07) is 5.36. The molecule has 0 unspecified atom stereocenters. The van der Waals surface area contributed by atoms with E-state index in [1.54, 1.807) is 12.1 Å². The Labute approximate surface area is 184 Å². The van der Waals surface area contributed by atoms with Gasteiger partial charge in [0.15, 0.2) is 11.5 Å². The van der Waals surface area contributed by atoms with Gasteiger partial charge in [0.25, 0.3) is 0 Å². The van der Waals surface area contributed by atoms with Gasteiger partial charge in [-0.25, -0.2) is 0 Å². The van der Waals surface area contributed by atoms with Crippen molar-refractivity contribution in [2.45, 2.75) is 73.5 Å². The Morgan fingerprint density at radius 3 is 2.03 bits per heavy atom. The Balaban J connectivity index is 2.74. The molecule has 0 fully saturated rings. The van der Waals surface area contributed by atoms with Crippen LogP contribution < -0.4 is 18.9 Å². The molecule has 30 heavy (non-hydrogen) atoms. The minimum atomic E-state index is -0.444.